The molecule has 1 aromatic heterocycles. The topological polar surface area (TPSA) is 92.2 Å². The van der Waals surface area contributed by atoms with Crippen LogP contribution in [0.3, 0.4) is 0 Å². The average molecular weight is 264 g/mol. The Morgan fingerprint density at radius 3 is 2.69 bits per heavy atom. The van der Waals surface area contributed by atoms with Gasteiger partial charge in [0.05, 0.1) is 12.0 Å². The van der Waals surface area contributed by atoms with Crippen LogP contribution in [0.15, 0.2) is 6.07 Å². The Bertz CT molecular complexity index is 425. The number of hydrogen-bond donors (Lipinski definition) is 2. The van der Waals surface area contributed by atoms with Crippen LogP contribution >= 0.6 is 23.2 Å². The lowest BCUT2D eigenvalue weighted by Crippen LogP contribution is -2.26. The Morgan fingerprint density at radius 2 is 2.06 bits per heavy atom. The zero-order valence-corrected chi connectivity index (χ0v) is 9.42. The number of aromatic nitrogens is 2. The molecule has 16 heavy (non-hydrogen) atoms. The standard InChI is InChI=1S/C8H7Cl2N3O3/c9-5-3-4(7(10)13-12-5)8(16)11-2-1-6(14)15/h3H,1-2H2,(H,11,16)(H,14,15). The summed E-state index contributed by atoms with van der Waals surface area (Å²) in [6.07, 6.45) is -0.171. The van der Waals surface area contributed by atoms with Crippen molar-refractivity contribution in [2.45, 2.75) is 6.42 Å². The van der Waals surface area contributed by atoms with Crippen molar-refractivity contribution in [1.82, 2.24) is 15.5 Å². The first-order chi connectivity index (χ1) is 7.50. The van der Waals surface area contributed by atoms with Gasteiger partial charge in [0.15, 0.2) is 10.3 Å². The highest BCUT2D eigenvalue weighted by Gasteiger charge is 2.12. The molecule has 8 heteroatoms. The molecule has 0 unspecified atom stereocenters. The maximum absolute atomic E-state index is 11.5. The van der Waals surface area contributed by atoms with Gasteiger partial charge in [0, 0.05) is 6.54 Å². The number of hydrogen-bond acceptors (Lipinski definition) is 4. The van der Waals surface area contributed by atoms with Crippen LogP contribution in [0.25, 0.3) is 0 Å². The molecule has 2 N–H and O–H groups in total. The third-order valence-electron chi connectivity index (χ3n) is 1.59. The summed E-state index contributed by atoms with van der Waals surface area (Å²) < 4.78 is 0. The summed E-state index contributed by atoms with van der Waals surface area (Å²) >= 11 is 11.2. The van der Waals surface area contributed by atoms with Crippen LogP contribution in [0.5, 0.6) is 0 Å². The van der Waals surface area contributed by atoms with E-state index in [1.165, 1.54) is 6.07 Å². The van der Waals surface area contributed by atoms with Crippen molar-refractivity contribution in [3.05, 3.63) is 21.9 Å². The molecule has 1 aromatic rings. The normalized spacial score (nSPS) is 9.88. The molecule has 0 fully saturated rings. The summed E-state index contributed by atoms with van der Waals surface area (Å²) in [5.41, 5.74) is 0.0621. The second-order valence-electron chi connectivity index (χ2n) is 2.77. The first kappa shape index (κ1) is 12.7. The molecule has 0 saturated heterocycles. The highest BCUT2D eigenvalue weighted by atomic mass is 35.5. The molecular formula is C8H7Cl2N3O3. The van der Waals surface area contributed by atoms with Crippen molar-refractivity contribution in [3.8, 4) is 0 Å². The van der Waals surface area contributed by atoms with E-state index in [9.17, 15) is 9.59 Å². The lowest BCUT2D eigenvalue weighted by Gasteiger charge is -2.04. The smallest absolute Gasteiger partial charge is 0.305 e. The quantitative estimate of drug-likeness (QED) is 0.845. The van der Waals surface area contributed by atoms with Crippen LogP contribution in [0.4, 0.5) is 0 Å². The summed E-state index contributed by atoms with van der Waals surface area (Å²) in [5.74, 6) is -1.54. The van der Waals surface area contributed by atoms with E-state index in [0.29, 0.717) is 0 Å². The van der Waals surface area contributed by atoms with Gasteiger partial charge in [-0.3, -0.25) is 9.59 Å². The summed E-state index contributed by atoms with van der Waals surface area (Å²) in [5, 5.41) is 17.6. The van der Waals surface area contributed by atoms with Crippen molar-refractivity contribution in [2.24, 2.45) is 0 Å². The van der Waals surface area contributed by atoms with Crippen LogP contribution in [-0.2, 0) is 4.79 Å². The Labute approximate surface area is 101 Å². The summed E-state index contributed by atoms with van der Waals surface area (Å²) in [6.45, 7) is 0.00440. The minimum Gasteiger partial charge on any atom is -0.481 e. The number of halogens is 2. The fraction of sp³-hybridized carbons (Fsp3) is 0.250. The highest BCUT2D eigenvalue weighted by molar-refractivity contribution is 6.34. The zero-order chi connectivity index (χ0) is 12.1. The Balaban J connectivity index is 2.65. The third kappa shape index (κ3) is 3.63. The number of nitrogens with zero attached hydrogens (tertiary/aromatic N) is 2. The van der Waals surface area contributed by atoms with Crippen LogP contribution < -0.4 is 5.32 Å². The molecule has 0 radical (unpaired) electrons. The minimum absolute atomic E-state index is 0.00440. The molecule has 1 amide bonds. The van der Waals surface area contributed by atoms with Crippen molar-refractivity contribution in [2.75, 3.05) is 6.54 Å². The fourth-order valence-corrected chi connectivity index (χ4v) is 1.22. The molecule has 1 heterocycles. The maximum atomic E-state index is 11.5. The van der Waals surface area contributed by atoms with E-state index < -0.39 is 11.9 Å². The molecule has 86 valence electrons. The summed E-state index contributed by atoms with van der Waals surface area (Å²) in [6, 6.07) is 1.26. The van der Waals surface area contributed by atoms with E-state index in [-0.39, 0.29) is 28.8 Å². The van der Waals surface area contributed by atoms with Gasteiger partial charge in [0.2, 0.25) is 0 Å². The number of carbonyl (C=O) groups excluding carboxylic acids is 1. The predicted molar refractivity (Wildman–Crippen MR) is 56.6 cm³/mol. The van der Waals surface area contributed by atoms with Gasteiger partial charge in [-0.25, -0.2) is 0 Å². The fourth-order valence-electron chi connectivity index (χ4n) is 0.890. The van der Waals surface area contributed by atoms with Gasteiger partial charge in [-0.1, -0.05) is 23.2 Å². The SMILES string of the molecule is O=C(O)CCNC(=O)c1cc(Cl)nnc1Cl. The number of amides is 1. The predicted octanol–water partition coefficient (Wildman–Crippen LogP) is 0.988. The minimum atomic E-state index is -1.00. The van der Waals surface area contributed by atoms with Crippen LogP contribution in [-0.4, -0.2) is 33.7 Å². The summed E-state index contributed by atoms with van der Waals surface area (Å²) in [4.78, 5) is 21.7. The van der Waals surface area contributed by atoms with Crippen molar-refractivity contribution in [1.29, 1.82) is 0 Å². The number of rotatable bonds is 4. The number of carbonyl (C=O) groups is 2. The molecule has 0 atom stereocenters. The van der Waals surface area contributed by atoms with Gasteiger partial charge in [0.25, 0.3) is 5.91 Å². The van der Waals surface area contributed by atoms with Gasteiger partial charge in [-0.2, -0.15) is 0 Å². The number of carboxylic acid groups (broad SMARTS) is 1. The van der Waals surface area contributed by atoms with E-state index in [0.717, 1.165) is 0 Å². The zero-order valence-electron chi connectivity index (χ0n) is 7.91. The van der Waals surface area contributed by atoms with Crippen molar-refractivity contribution >= 4 is 35.1 Å². The average Bonchev–Trinajstić information content (AvgIpc) is 2.21. The first-order valence-corrected chi connectivity index (χ1v) is 4.95. The van der Waals surface area contributed by atoms with E-state index in [1.807, 2.05) is 0 Å². The largest absolute Gasteiger partial charge is 0.481 e. The van der Waals surface area contributed by atoms with Gasteiger partial charge in [-0.15, -0.1) is 10.2 Å². The van der Waals surface area contributed by atoms with Crippen LogP contribution in [0, 0.1) is 0 Å². The second-order valence-corrected chi connectivity index (χ2v) is 3.52. The van der Waals surface area contributed by atoms with E-state index in [1.54, 1.807) is 0 Å². The van der Waals surface area contributed by atoms with Crippen molar-refractivity contribution < 1.29 is 14.7 Å². The Hall–Kier alpha value is -1.40. The van der Waals surface area contributed by atoms with E-state index >= 15 is 0 Å². The highest BCUT2D eigenvalue weighted by Crippen LogP contribution is 2.14. The molecule has 0 aliphatic heterocycles. The Morgan fingerprint density at radius 1 is 1.38 bits per heavy atom. The molecule has 6 nitrogen and oxygen atoms in total. The van der Waals surface area contributed by atoms with Crippen LogP contribution in [0.2, 0.25) is 10.3 Å². The maximum Gasteiger partial charge on any atom is 0.305 e. The van der Waals surface area contributed by atoms with Gasteiger partial charge >= 0.3 is 5.97 Å². The van der Waals surface area contributed by atoms with Gasteiger partial charge < -0.3 is 10.4 Å². The van der Waals surface area contributed by atoms with E-state index in [4.69, 9.17) is 28.3 Å². The molecular weight excluding hydrogens is 257 g/mol. The summed E-state index contributed by atoms with van der Waals surface area (Å²) in [7, 11) is 0. The lowest BCUT2D eigenvalue weighted by atomic mass is 10.3. The second kappa shape index (κ2) is 5.62. The molecule has 0 spiro atoms. The monoisotopic (exact) mass is 263 g/mol. The van der Waals surface area contributed by atoms with Gasteiger partial charge in [0.1, 0.15) is 0 Å². The molecule has 1 rings (SSSR count). The Kier molecular flexibility index (Phi) is 4.45. The molecule has 0 saturated carbocycles. The molecule has 0 aliphatic carbocycles. The molecule has 0 aromatic carbocycles. The third-order valence-corrected chi connectivity index (χ3v) is 2.05. The van der Waals surface area contributed by atoms with Gasteiger partial charge in [-0.05, 0) is 6.07 Å². The first-order valence-electron chi connectivity index (χ1n) is 4.19. The number of carboxylic acids is 1. The lowest BCUT2D eigenvalue weighted by molar-refractivity contribution is -0.136. The van der Waals surface area contributed by atoms with Crippen LogP contribution in [0.1, 0.15) is 16.8 Å². The molecule has 0 aliphatic rings. The number of aliphatic carboxylic acids is 1. The van der Waals surface area contributed by atoms with Crippen molar-refractivity contribution in [3.63, 3.8) is 0 Å². The van der Waals surface area contributed by atoms with E-state index in [2.05, 4.69) is 15.5 Å². The number of nitrogens with one attached hydrogen (secondary N) is 1. The molecule has 0 bridgehead atoms.